The number of hydrogen-bond acceptors (Lipinski definition) is 5. The molecular formula is C17H22N2O6. The second-order valence-corrected chi connectivity index (χ2v) is 6.09. The number of nitrogens with zero attached hydrogens (tertiary/aromatic N) is 1. The van der Waals surface area contributed by atoms with E-state index in [0.717, 1.165) is 0 Å². The lowest BCUT2D eigenvalue weighted by atomic mass is 10.0. The summed E-state index contributed by atoms with van der Waals surface area (Å²) >= 11 is 0. The molecule has 136 valence electrons. The summed E-state index contributed by atoms with van der Waals surface area (Å²) in [6.07, 6.45) is -0.685. The number of benzene rings is 1. The lowest BCUT2D eigenvalue weighted by molar-refractivity contribution is -0.149. The Morgan fingerprint density at radius 1 is 1.40 bits per heavy atom. The Morgan fingerprint density at radius 2 is 2.08 bits per heavy atom. The Labute approximate surface area is 145 Å². The molecule has 2 atom stereocenters. The van der Waals surface area contributed by atoms with Gasteiger partial charge in [0.15, 0.2) is 11.6 Å². The van der Waals surface area contributed by atoms with E-state index >= 15 is 0 Å². The number of para-hydroxylation sites is 2. The van der Waals surface area contributed by atoms with E-state index in [1.165, 1.54) is 18.9 Å². The normalized spacial score (nSPS) is 18.8. The quantitative estimate of drug-likeness (QED) is 0.753. The number of carboxylic acid groups (broad SMARTS) is 1. The monoisotopic (exact) mass is 350 g/mol. The molecular weight excluding hydrogens is 328 g/mol. The minimum Gasteiger partial charge on any atom is -0.479 e. The number of amides is 2. The van der Waals surface area contributed by atoms with Crippen molar-refractivity contribution in [1.82, 2.24) is 5.32 Å². The molecule has 1 aromatic carbocycles. The van der Waals surface area contributed by atoms with Crippen molar-refractivity contribution >= 4 is 23.5 Å². The molecule has 2 rings (SSSR count). The highest BCUT2D eigenvalue weighted by Crippen LogP contribution is 2.33. The van der Waals surface area contributed by atoms with Gasteiger partial charge in [-0.15, -0.1) is 0 Å². The third-order valence-corrected chi connectivity index (χ3v) is 3.96. The standard InChI is InChI=1S/C17H22N2O6/c1-11-15(21)19(12-6-4-5-7-13(12)25-11)9-8-14(20)18-17(2,10-24-3)16(22)23/h4-7,11H,8-10H2,1-3H3,(H,18,20)(H,22,23). The zero-order valence-corrected chi connectivity index (χ0v) is 14.4. The van der Waals surface area contributed by atoms with E-state index in [1.54, 1.807) is 31.2 Å². The number of methoxy groups -OCH3 is 1. The number of carbonyl (C=O) groups excluding carboxylic acids is 2. The predicted molar refractivity (Wildman–Crippen MR) is 89.6 cm³/mol. The van der Waals surface area contributed by atoms with E-state index in [9.17, 15) is 19.5 Å². The van der Waals surface area contributed by atoms with Crippen LogP contribution in [0.4, 0.5) is 5.69 Å². The summed E-state index contributed by atoms with van der Waals surface area (Å²) in [6.45, 7) is 2.97. The molecule has 8 nitrogen and oxygen atoms in total. The molecule has 25 heavy (non-hydrogen) atoms. The first-order chi connectivity index (χ1) is 11.8. The Kier molecular flexibility index (Phi) is 5.63. The summed E-state index contributed by atoms with van der Waals surface area (Å²) < 4.78 is 10.4. The van der Waals surface area contributed by atoms with Crippen molar-refractivity contribution < 1.29 is 29.0 Å². The maximum absolute atomic E-state index is 12.4. The summed E-state index contributed by atoms with van der Waals surface area (Å²) in [4.78, 5) is 37.4. The second-order valence-electron chi connectivity index (χ2n) is 6.09. The molecule has 0 radical (unpaired) electrons. The van der Waals surface area contributed by atoms with Gasteiger partial charge in [-0.25, -0.2) is 4.79 Å². The first-order valence-corrected chi connectivity index (χ1v) is 7.89. The van der Waals surface area contributed by atoms with Crippen molar-refractivity contribution in [2.45, 2.75) is 31.9 Å². The van der Waals surface area contributed by atoms with E-state index in [0.29, 0.717) is 11.4 Å². The molecule has 2 N–H and O–H groups in total. The largest absolute Gasteiger partial charge is 0.479 e. The topological polar surface area (TPSA) is 105 Å². The van der Waals surface area contributed by atoms with Gasteiger partial charge in [0.25, 0.3) is 5.91 Å². The van der Waals surface area contributed by atoms with E-state index in [-0.39, 0.29) is 25.5 Å². The molecule has 1 aromatic rings. The number of nitrogens with one attached hydrogen (secondary N) is 1. The van der Waals surface area contributed by atoms with Gasteiger partial charge in [-0.05, 0) is 26.0 Å². The SMILES string of the molecule is COCC(C)(NC(=O)CCN1C(=O)C(C)Oc2ccccc21)C(=O)O. The maximum atomic E-state index is 12.4. The molecule has 0 saturated carbocycles. The highest BCUT2D eigenvalue weighted by atomic mass is 16.5. The van der Waals surface area contributed by atoms with E-state index in [2.05, 4.69) is 5.32 Å². The van der Waals surface area contributed by atoms with E-state index in [4.69, 9.17) is 9.47 Å². The number of fused-ring (bicyclic) bond motifs is 1. The molecule has 0 aromatic heterocycles. The zero-order valence-electron chi connectivity index (χ0n) is 14.4. The van der Waals surface area contributed by atoms with Gasteiger partial charge in [0.1, 0.15) is 5.75 Å². The number of carboxylic acids is 1. The van der Waals surface area contributed by atoms with Crippen molar-refractivity contribution in [3.63, 3.8) is 0 Å². The third-order valence-electron chi connectivity index (χ3n) is 3.96. The highest BCUT2D eigenvalue weighted by Gasteiger charge is 2.36. The van der Waals surface area contributed by atoms with Crippen LogP contribution in [0.3, 0.4) is 0 Å². The molecule has 1 aliphatic rings. The van der Waals surface area contributed by atoms with Gasteiger partial charge < -0.3 is 24.8 Å². The Hall–Kier alpha value is -2.61. The van der Waals surface area contributed by atoms with Crippen molar-refractivity contribution in [1.29, 1.82) is 0 Å². The summed E-state index contributed by atoms with van der Waals surface area (Å²) in [7, 11) is 1.36. The second kappa shape index (κ2) is 7.52. The van der Waals surface area contributed by atoms with Crippen LogP contribution >= 0.6 is 0 Å². The lowest BCUT2D eigenvalue weighted by Crippen LogP contribution is -2.56. The molecule has 0 saturated heterocycles. The molecule has 2 amide bonds. The fraction of sp³-hybridized carbons (Fsp3) is 0.471. The number of ether oxygens (including phenoxy) is 2. The Balaban J connectivity index is 2.06. The van der Waals surface area contributed by atoms with Crippen LogP contribution in [0, 0.1) is 0 Å². The van der Waals surface area contributed by atoms with Gasteiger partial charge >= 0.3 is 5.97 Å². The van der Waals surface area contributed by atoms with Crippen molar-refractivity contribution in [3.8, 4) is 5.75 Å². The molecule has 0 bridgehead atoms. The predicted octanol–water partition coefficient (Wildman–Crippen LogP) is 0.797. The van der Waals surface area contributed by atoms with Crippen molar-refractivity contribution in [2.24, 2.45) is 0 Å². The van der Waals surface area contributed by atoms with Gasteiger partial charge in [-0.3, -0.25) is 9.59 Å². The zero-order chi connectivity index (χ0) is 18.6. The maximum Gasteiger partial charge on any atom is 0.331 e. The summed E-state index contributed by atoms with van der Waals surface area (Å²) in [6, 6.07) is 7.07. The van der Waals surface area contributed by atoms with Crippen LogP contribution in [0.1, 0.15) is 20.3 Å². The minimum absolute atomic E-state index is 0.0423. The lowest BCUT2D eigenvalue weighted by Gasteiger charge is -2.33. The first-order valence-electron chi connectivity index (χ1n) is 7.89. The minimum atomic E-state index is -1.52. The summed E-state index contributed by atoms with van der Waals surface area (Å²) in [5.74, 6) is -1.34. The van der Waals surface area contributed by atoms with Gasteiger partial charge in [0.05, 0.1) is 12.3 Å². The number of hydrogen-bond donors (Lipinski definition) is 2. The van der Waals surface area contributed by atoms with Crippen LogP contribution in [-0.4, -0.2) is 54.8 Å². The third kappa shape index (κ3) is 4.08. The van der Waals surface area contributed by atoms with Crippen LogP contribution in [0.25, 0.3) is 0 Å². The summed E-state index contributed by atoms with van der Waals surface area (Å²) in [5.41, 5.74) is -0.928. The number of anilines is 1. The number of carbonyl (C=O) groups is 3. The van der Waals surface area contributed by atoms with Gasteiger partial charge in [-0.2, -0.15) is 0 Å². The fourth-order valence-corrected chi connectivity index (χ4v) is 2.61. The first kappa shape index (κ1) is 18.7. The highest BCUT2D eigenvalue weighted by molar-refractivity contribution is 6.00. The average Bonchev–Trinajstić information content (AvgIpc) is 2.55. The van der Waals surface area contributed by atoms with Crippen LogP contribution in [0.15, 0.2) is 24.3 Å². The van der Waals surface area contributed by atoms with Gasteiger partial charge in [-0.1, -0.05) is 12.1 Å². The fourth-order valence-electron chi connectivity index (χ4n) is 2.61. The molecule has 8 heteroatoms. The van der Waals surface area contributed by atoms with Crippen LogP contribution in [0.5, 0.6) is 5.75 Å². The molecule has 1 aliphatic heterocycles. The average molecular weight is 350 g/mol. The van der Waals surface area contributed by atoms with E-state index in [1.807, 2.05) is 0 Å². The molecule has 2 unspecified atom stereocenters. The molecule has 1 heterocycles. The molecule has 0 spiro atoms. The van der Waals surface area contributed by atoms with Gasteiger partial charge in [0, 0.05) is 20.1 Å². The molecule has 0 fully saturated rings. The van der Waals surface area contributed by atoms with Crippen LogP contribution in [-0.2, 0) is 19.1 Å². The van der Waals surface area contributed by atoms with Crippen LogP contribution in [0.2, 0.25) is 0 Å². The van der Waals surface area contributed by atoms with Crippen molar-refractivity contribution in [2.75, 3.05) is 25.2 Å². The van der Waals surface area contributed by atoms with E-state index < -0.39 is 23.5 Å². The van der Waals surface area contributed by atoms with Crippen molar-refractivity contribution in [3.05, 3.63) is 24.3 Å². The Bertz CT molecular complexity index is 677. The number of rotatable bonds is 7. The summed E-state index contributed by atoms with van der Waals surface area (Å²) in [5, 5.41) is 11.7. The smallest absolute Gasteiger partial charge is 0.331 e. The van der Waals surface area contributed by atoms with Gasteiger partial charge in [0.2, 0.25) is 5.91 Å². The van der Waals surface area contributed by atoms with Crippen LogP contribution < -0.4 is 15.0 Å². The molecule has 0 aliphatic carbocycles. The number of aliphatic carboxylic acids is 1. The Morgan fingerprint density at radius 3 is 2.72 bits per heavy atom.